The number of rotatable bonds is 2. The quantitative estimate of drug-likeness (QED) is 0.909. The van der Waals surface area contributed by atoms with Gasteiger partial charge in [0.25, 0.3) is 0 Å². The summed E-state index contributed by atoms with van der Waals surface area (Å²) >= 11 is 3.28. The molecule has 0 spiro atoms. The number of aryl methyl sites for hydroxylation is 1. The largest absolute Gasteiger partial charge is 0.457 e. The number of aliphatic hydroxyl groups excluding tert-OH is 1. The number of aliphatic hydroxyl groups is 1. The Morgan fingerprint density at radius 1 is 1.19 bits per heavy atom. The van der Waals surface area contributed by atoms with Crippen LogP contribution in [0.5, 0.6) is 0 Å². The second-order valence-corrected chi connectivity index (χ2v) is 4.56. The number of hydrogen-bond donors (Lipinski definition) is 1. The summed E-state index contributed by atoms with van der Waals surface area (Å²) in [6.45, 7) is 4.05. The highest BCUT2D eigenvalue weighted by Gasteiger charge is 2.17. The van der Waals surface area contributed by atoms with Crippen molar-refractivity contribution in [3.05, 3.63) is 57.5 Å². The Kier molecular flexibility index (Phi) is 3.17. The summed E-state index contributed by atoms with van der Waals surface area (Å²) in [7, 11) is 0. The van der Waals surface area contributed by atoms with Crippen LogP contribution in [0.25, 0.3) is 0 Å². The molecule has 0 aliphatic heterocycles. The van der Waals surface area contributed by atoms with Gasteiger partial charge < -0.3 is 9.52 Å². The minimum absolute atomic E-state index is 0.584. The normalized spacial score (nSPS) is 12.8. The number of benzene rings is 1. The first-order chi connectivity index (χ1) is 7.61. The van der Waals surface area contributed by atoms with Gasteiger partial charge >= 0.3 is 0 Å². The highest BCUT2D eigenvalue weighted by molar-refractivity contribution is 9.10. The molecule has 0 saturated carbocycles. The monoisotopic (exact) mass is 280 g/mol. The van der Waals surface area contributed by atoms with Crippen LogP contribution in [0.4, 0.5) is 0 Å². The molecule has 0 bridgehead atoms. The second kappa shape index (κ2) is 4.44. The molecular formula is C13H13BrO2. The average Bonchev–Trinajstić information content (AvgIpc) is 2.68. The zero-order valence-electron chi connectivity index (χ0n) is 9.20. The molecule has 2 aromatic rings. The van der Waals surface area contributed by atoms with E-state index in [1.165, 1.54) is 5.56 Å². The molecule has 16 heavy (non-hydrogen) atoms. The smallest absolute Gasteiger partial charge is 0.175 e. The van der Waals surface area contributed by atoms with Gasteiger partial charge in [0.2, 0.25) is 0 Å². The Balaban J connectivity index is 2.46. The molecule has 0 radical (unpaired) electrons. The highest BCUT2D eigenvalue weighted by Crippen LogP contribution is 2.31. The van der Waals surface area contributed by atoms with Crippen LogP contribution in [0, 0.1) is 13.8 Å². The molecule has 1 atom stereocenters. The molecule has 0 fully saturated rings. The molecule has 2 nitrogen and oxygen atoms in total. The topological polar surface area (TPSA) is 33.4 Å². The van der Waals surface area contributed by atoms with Crippen molar-refractivity contribution in [3.63, 3.8) is 0 Å². The zero-order valence-corrected chi connectivity index (χ0v) is 10.8. The van der Waals surface area contributed by atoms with Crippen LogP contribution in [0.3, 0.4) is 0 Å². The average molecular weight is 281 g/mol. The minimum atomic E-state index is -0.645. The molecule has 1 heterocycles. The summed E-state index contributed by atoms with van der Waals surface area (Å²) in [6, 6.07) is 7.70. The maximum absolute atomic E-state index is 10.3. The standard InChI is InChI=1S/C13H13BrO2/c1-8-4-3-5-10(9(8)2)12(15)11-6-7-16-13(11)14/h3-7,12,15H,1-2H3. The van der Waals surface area contributed by atoms with E-state index in [2.05, 4.69) is 15.9 Å². The number of halogens is 1. The van der Waals surface area contributed by atoms with Gasteiger partial charge in [0, 0.05) is 5.56 Å². The van der Waals surface area contributed by atoms with E-state index in [0.29, 0.717) is 4.67 Å². The molecule has 2 rings (SSSR count). The fraction of sp³-hybridized carbons (Fsp3) is 0.231. The Morgan fingerprint density at radius 3 is 2.56 bits per heavy atom. The maximum atomic E-state index is 10.3. The van der Waals surface area contributed by atoms with E-state index in [-0.39, 0.29) is 0 Å². The predicted molar refractivity (Wildman–Crippen MR) is 66.4 cm³/mol. The molecule has 3 heteroatoms. The molecule has 0 amide bonds. The lowest BCUT2D eigenvalue weighted by molar-refractivity contribution is 0.217. The summed E-state index contributed by atoms with van der Waals surface area (Å²) in [5, 5.41) is 10.3. The van der Waals surface area contributed by atoms with Crippen LogP contribution in [0.15, 0.2) is 39.6 Å². The van der Waals surface area contributed by atoms with Crippen LogP contribution in [-0.2, 0) is 0 Å². The summed E-state index contributed by atoms with van der Waals surface area (Å²) in [5.41, 5.74) is 3.97. The van der Waals surface area contributed by atoms with E-state index in [0.717, 1.165) is 16.7 Å². The van der Waals surface area contributed by atoms with Crippen molar-refractivity contribution >= 4 is 15.9 Å². The highest BCUT2D eigenvalue weighted by atomic mass is 79.9. The van der Waals surface area contributed by atoms with Crippen LogP contribution in [-0.4, -0.2) is 5.11 Å². The lowest BCUT2D eigenvalue weighted by Gasteiger charge is -2.14. The SMILES string of the molecule is Cc1cccc(C(O)c2ccoc2Br)c1C. The van der Waals surface area contributed by atoms with E-state index >= 15 is 0 Å². The van der Waals surface area contributed by atoms with Gasteiger partial charge in [-0.3, -0.25) is 0 Å². The van der Waals surface area contributed by atoms with Crippen molar-refractivity contribution in [2.45, 2.75) is 20.0 Å². The lowest BCUT2D eigenvalue weighted by atomic mass is 9.96. The molecule has 0 aliphatic carbocycles. The molecule has 0 saturated heterocycles. The van der Waals surface area contributed by atoms with E-state index < -0.39 is 6.10 Å². The molecule has 1 aromatic heterocycles. The van der Waals surface area contributed by atoms with Crippen molar-refractivity contribution in [2.24, 2.45) is 0 Å². The van der Waals surface area contributed by atoms with Gasteiger partial charge in [-0.2, -0.15) is 0 Å². The van der Waals surface area contributed by atoms with Gasteiger partial charge in [0.15, 0.2) is 4.67 Å². The summed E-state index contributed by atoms with van der Waals surface area (Å²) in [6.07, 6.45) is 0.918. The second-order valence-electron chi connectivity index (χ2n) is 3.84. The van der Waals surface area contributed by atoms with E-state index in [9.17, 15) is 5.11 Å². The van der Waals surface area contributed by atoms with E-state index in [1.807, 2.05) is 32.0 Å². The number of hydrogen-bond acceptors (Lipinski definition) is 2. The van der Waals surface area contributed by atoms with Gasteiger partial charge in [-0.25, -0.2) is 0 Å². The summed E-state index contributed by atoms with van der Waals surface area (Å²) in [5.74, 6) is 0. The molecule has 1 N–H and O–H groups in total. The van der Waals surface area contributed by atoms with Gasteiger partial charge in [0.05, 0.1) is 6.26 Å². The van der Waals surface area contributed by atoms with Crippen molar-refractivity contribution in [1.29, 1.82) is 0 Å². The zero-order chi connectivity index (χ0) is 11.7. The van der Waals surface area contributed by atoms with Gasteiger partial charge in [-0.05, 0) is 52.5 Å². The molecule has 0 aliphatic rings. The Bertz CT molecular complexity index is 502. The van der Waals surface area contributed by atoms with Gasteiger partial charge in [-0.1, -0.05) is 18.2 Å². The van der Waals surface area contributed by atoms with Crippen LogP contribution in [0.2, 0.25) is 0 Å². The van der Waals surface area contributed by atoms with Crippen LogP contribution >= 0.6 is 15.9 Å². The van der Waals surface area contributed by atoms with Crippen molar-refractivity contribution in [2.75, 3.05) is 0 Å². The third-order valence-corrected chi connectivity index (χ3v) is 3.53. The van der Waals surface area contributed by atoms with Gasteiger partial charge in [-0.15, -0.1) is 0 Å². The summed E-state index contributed by atoms with van der Waals surface area (Å²) in [4.78, 5) is 0. The van der Waals surface area contributed by atoms with Crippen molar-refractivity contribution in [3.8, 4) is 0 Å². The third kappa shape index (κ3) is 1.93. The first-order valence-corrected chi connectivity index (χ1v) is 5.87. The van der Waals surface area contributed by atoms with Crippen molar-refractivity contribution < 1.29 is 9.52 Å². The fourth-order valence-corrected chi connectivity index (χ4v) is 2.19. The first-order valence-electron chi connectivity index (χ1n) is 5.08. The van der Waals surface area contributed by atoms with Crippen LogP contribution < -0.4 is 0 Å². The predicted octanol–water partition coefficient (Wildman–Crippen LogP) is 3.74. The summed E-state index contributed by atoms with van der Waals surface area (Å²) < 4.78 is 5.72. The van der Waals surface area contributed by atoms with Gasteiger partial charge in [0.1, 0.15) is 6.10 Å². The lowest BCUT2D eigenvalue weighted by Crippen LogP contribution is -2.02. The van der Waals surface area contributed by atoms with Crippen molar-refractivity contribution in [1.82, 2.24) is 0 Å². The minimum Gasteiger partial charge on any atom is -0.457 e. The maximum Gasteiger partial charge on any atom is 0.175 e. The molecule has 1 aromatic carbocycles. The number of furan rings is 1. The molecule has 1 unspecified atom stereocenters. The van der Waals surface area contributed by atoms with Crippen LogP contribution in [0.1, 0.15) is 28.4 Å². The fourth-order valence-electron chi connectivity index (χ4n) is 1.74. The molecule has 84 valence electrons. The Hall–Kier alpha value is -1.06. The Morgan fingerprint density at radius 2 is 1.94 bits per heavy atom. The van der Waals surface area contributed by atoms with E-state index in [4.69, 9.17) is 4.42 Å². The molecular weight excluding hydrogens is 268 g/mol. The third-order valence-electron chi connectivity index (χ3n) is 2.88. The first kappa shape index (κ1) is 11.4. The Labute approximate surface area is 103 Å². The van der Waals surface area contributed by atoms with E-state index in [1.54, 1.807) is 12.3 Å².